The van der Waals surface area contributed by atoms with Crippen LogP contribution in [0.25, 0.3) is 0 Å². The van der Waals surface area contributed by atoms with E-state index in [1.54, 1.807) is 12.1 Å². The van der Waals surface area contributed by atoms with Crippen molar-refractivity contribution in [2.24, 2.45) is 10.2 Å². The maximum Gasteiger partial charge on any atom is 0.240 e. The third kappa shape index (κ3) is 4.80. The molecule has 1 aliphatic heterocycles. The number of thioether (sulfide) groups is 1. The monoisotopic (exact) mass is 356 g/mol. The van der Waals surface area contributed by atoms with Gasteiger partial charge in [0.05, 0.1) is 12.5 Å². The summed E-state index contributed by atoms with van der Waals surface area (Å²) in [6, 6.07) is 10.9. The van der Waals surface area contributed by atoms with E-state index in [0.717, 1.165) is 5.56 Å². The first-order valence-corrected chi connectivity index (χ1v) is 8.47. The van der Waals surface area contributed by atoms with Crippen LogP contribution in [-0.4, -0.2) is 28.4 Å². The van der Waals surface area contributed by atoms with E-state index in [4.69, 9.17) is 4.42 Å². The topological polar surface area (TPSA) is 96.1 Å². The van der Waals surface area contributed by atoms with Crippen LogP contribution in [0.15, 0.2) is 57.3 Å². The number of aryl methyl sites for hydroxylation is 1. The van der Waals surface area contributed by atoms with Gasteiger partial charge in [0.1, 0.15) is 11.0 Å². The summed E-state index contributed by atoms with van der Waals surface area (Å²) in [5.41, 5.74) is 1.82. The van der Waals surface area contributed by atoms with Crippen LogP contribution in [0.3, 0.4) is 0 Å². The molecule has 1 saturated heterocycles. The molecule has 25 heavy (non-hydrogen) atoms. The number of nitrogens with one attached hydrogen (secondary N) is 2. The molecule has 0 radical (unpaired) electrons. The second kappa shape index (κ2) is 7.80. The Hall–Kier alpha value is -2.87. The fourth-order valence-electron chi connectivity index (χ4n) is 2.11. The Labute approximate surface area is 148 Å². The highest BCUT2D eigenvalue weighted by atomic mass is 32.2. The third-order valence-electron chi connectivity index (χ3n) is 3.36. The second-order valence-corrected chi connectivity index (χ2v) is 6.57. The van der Waals surface area contributed by atoms with Gasteiger partial charge in [0.2, 0.25) is 11.8 Å². The summed E-state index contributed by atoms with van der Waals surface area (Å²) in [5.74, 6) is 0.0838. The fourth-order valence-corrected chi connectivity index (χ4v) is 3.03. The lowest BCUT2D eigenvalue weighted by atomic mass is 10.2. The summed E-state index contributed by atoms with van der Waals surface area (Å²) >= 11 is 1.18. The summed E-state index contributed by atoms with van der Waals surface area (Å²) in [4.78, 5) is 24.0. The van der Waals surface area contributed by atoms with Gasteiger partial charge in [0.15, 0.2) is 5.17 Å². The number of furan rings is 1. The number of hydrogen-bond donors (Lipinski definition) is 2. The molecule has 0 saturated carbocycles. The fraction of sp³-hybridized carbons (Fsp3) is 0.176. The first-order valence-electron chi connectivity index (χ1n) is 7.59. The van der Waals surface area contributed by atoms with Crippen molar-refractivity contribution in [3.05, 3.63) is 54.0 Å². The Bertz CT molecular complexity index is 813. The summed E-state index contributed by atoms with van der Waals surface area (Å²) in [7, 11) is 0. The maximum atomic E-state index is 12.1. The Morgan fingerprint density at radius 3 is 2.88 bits per heavy atom. The van der Waals surface area contributed by atoms with Crippen LogP contribution in [0.5, 0.6) is 0 Å². The minimum absolute atomic E-state index is 0.0608. The highest BCUT2D eigenvalue weighted by Gasteiger charge is 2.32. The molecule has 128 valence electrons. The van der Waals surface area contributed by atoms with Crippen molar-refractivity contribution in [3.8, 4) is 0 Å². The molecular formula is C17H16N4O3S. The van der Waals surface area contributed by atoms with E-state index in [9.17, 15) is 9.59 Å². The molecule has 8 heteroatoms. The Balaban J connectivity index is 1.53. The van der Waals surface area contributed by atoms with Gasteiger partial charge < -0.3 is 15.1 Å². The van der Waals surface area contributed by atoms with Crippen LogP contribution in [0.1, 0.15) is 17.7 Å². The summed E-state index contributed by atoms with van der Waals surface area (Å²) in [5, 5.41) is 13.0. The van der Waals surface area contributed by atoms with Gasteiger partial charge in [0, 0.05) is 12.1 Å². The molecule has 2 heterocycles. The van der Waals surface area contributed by atoms with Crippen LogP contribution >= 0.6 is 11.8 Å². The van der Waals surface area contributed by atoms with Crippen molar-refractivity contribution in [1.82, 2.24) is 5.32 Å². The molecule has 0 spiro atoms. The first-order chi connectivity index (χ1) is 12.1. The number of benzene rings is 1. The number of anilines is 1. The number of rotatable bonds is 5. The average molecular weight is 356 g/mol. The molecular weight excluding hydrogens is 340 g/mol. The lowest BCUT2D eigenvalue weighted by Crippen LogP contribution is -2.28. The van der Waals surface area contributed by atoms with Gasteiger partial charge in [-0.25, -0.2) is 0 Å². The average Bonchev–Trinajstić information content (AvgIpc) is 3.20. The SMILES string of the molecule is Cc1ccc(NC(=O)CC2S/C(=N/N=C/c3ccco3)NC2=O)cc1. The van der Waals surface area contributed by atoms with Gasteiger partial charge in [0.25, 0.3) is 0 Å². The van der Waals surface area contributed by atoms with E-state index in [2.05, 4.69) is 20.8 Å². The van der Waals surface area contributed by atoms with Crippen LogP contribution in [0.4, 0.5) is 5.69 Å². The van der Waals surface area contributed by atoms with Gasteiger partial charge in [-0.2, -0.15) is 5.10 Å². The molecule has 2 aromatic rings. The zero-order chi connectivity index (χ0) is 17.6. The van der Waals surface area contributed by atoms with Crippen LogP contribution in [-0.2, 0) is 9.59 Å². The molecule has 1 atom stereocenters. The molecule has 0 bridgehead atoms. The molecule has 1 fully saturated rings. The molecule has 3 rings (SSSR count). The van der Waals surface area contributed by atoms with Crippen molar-refractivity contribution >= 4 is 40.6 Å². The summed E-state index contributed by atoms with van der Waals surface area (Å²) in [6.45, 7) is 1.97. The number of hydrogen-bond acceptors (Lipinski definition) is 6. The van der Waals surface area contributed by atoms with Gasteiger partial charge in [-0.05, 0) is 31.2 Å². The van der Waals surface area contributed by atoms with E-state index in [0.29, 0.717) is 16.6 Å². The predicted molar refractivity (Wildman–Crippen MR) is 97.7 cm³/mol. The molecule has 2 amide bonds. The van der Waals surface area contributed by atoms with Gasteiger partial charge in [-0.3, -0.25) is 9.59 Å². The van der Waals surface area contributed by atoms with Crippen molar-refractivity contribution in [2.75, 3.05) is 5.32 Å². The van der Waals surface area contributed by atoms with E-state index >= 15 is 0 Å². The lowest BCUT2D eigenvalue weighted by Gasteiger charge is -2.07. The number of carbonyl (C=O) groups is 2. The van der Waals surface area contributed by atoms with E-state index in [1.807, 2.05) is 31.2 Å². The van der Waals surface area contributed by atoms with E-state index in [1.165, 1.54) is 24.2 Å². The second-order valence-electron chi connectivity index (χ2n) is 5.38. The summed E-state index contributed by atoms with van der Waals surface area (Å²) < 4.78 is 5.09. The highest BCUT2D eigenvalue weighted by molar-refractivity contribution is 8.15. The molecule has 7 nitrogen and oxygen atoms in total. The van der Waals surface area contributed by atoms with E-state index < -0.39 is 5.25 Å². The predicted octanol–water partition coefficient (Wildman–Crippen LogP) is 2.54. The zero-order valence-corrected chi connectivity index (χ0v) is 14.2. The molecule has 0 aliphatic carbocycles. The molecule has 2 N–H and O–H groups in total. The quantitative estimate of drug-likeness (QED) is 0.636. The molecule has 1 aromatic carbocycles. The zero-order valence-electron chi connectivity index (χ0n) is 13.4. The van der Waals surface area contributed by atoms with Gasteiger partial charge in [-0.1, -0.05) is 29.5 Å². The number of amides is 2. The Morgan fingerprint density at radius 2 is 2.16 bits per heavy atom. The van der Waals surface area contributed by atoms with Gasteiger partial charge in [-0.15, -0.1) is 5.10 Å². The maximum absolute atomic E-state index is 12.1. The van der Waals surface area contributed by atoms with Gasteiger partial charge >= 0.3 is 0 Å². The van der Waals surface area contributed by atoms with Crippen molar-refractivity contribution < 1.29 is 14.0 Å². The molecule has 1 unspecified atom stereocenters. The van der Waals surface area contributed by atoms with Crippen molar-refractivity contribution in [2.45, 2.75) is 18.6 Å². The highest BCUT2D eigenvalue weighted by Crippen LogP contribution is 2.23. The lowest BCUT2D eigenvalue weighted by molar-refractivity contribution is -0.122. The van der Waals surface area contributed by atoms with Crippen molar-refractivity contribution in [3.63, 3.8) is 0 Å². The molecule has 1 aliphatic rings. The minimum Gasteiger partial charge on any atom is -0.463 e. The smallest absolute Gasteiger partial charge is 0.240 e. The van der Waals surface area contributed by atoms with Crippen LogP contribution in [0, 0.1) is 6.92 Å². The largest absolute Gasteiger partial charge is 0.463 e. The Morgan fingerprint density at radius 1 is 1.36 bits per heavy atom. The number of carbonyl (C=O) groups excluding carboxylic acids is 2. The van der Waals surface area contributed by atoms with Crippen LogP contribution < -0.4 is 10.6 Å². The van der Waals surface area contributed by atoms with E-state index in [-0.39, 0.29) is 18.2 Å². The number of nitrogens with zero attached hydrogens (tertiary/aromatic N) is 2. The number of amidine groups is 1. The van der Waals surface area contributed by atoms with Crippen LogP contribution in [0.2, 0.25) is 0 Å². The first kappa shape index (κ1) is 17.0. The normalized spacial score (nSPS) is 18.7. The standard InChI is InChI=1S/C17H16N4O3S/c1-11-4-6-12(7-5-11)19-15(22)9-14-16(23)20-17(25-14)21-18-10-13-3-2-8-24-13/h2-8,10,14H,9H2,1H3,(H,19,22)(H,20,21,23)/b18-10+. The Kier molecular flexibility index (Phi) is 5.30. The van der Waals surface area contributed by atoms with Crippen molar-refractivity contribution in [1.29, 1.82) is 0 Å². The minimum atomic E-state index is -0.525. The summed E-state index contributed by atoms with van der Waals surface area (Å²) in [6.07, 6.45) is 3.03. The third-order valence-corrected chi connectivity index (χ3v) is 4.43. The molecule has 1 aromatic heterocycles.